The fourth-order valence-electron chi connectivity index (χ4n) is 3.06. The first kappa shape index (κ1) is 20.9. The molecule has 0 saturated carbocycles. The van der Waals surface area contributed by atoms with Crippen molar-refractivity contribution in [1.29, 1.82) is 0 Å². The van der Waals surface area contributed by atoms with Crippen LogP contribution in [0.5, 0.6) is 0 Å². The Labute approximate surface area is 164 Å². The van der Waals surface area contributed by atoms with Crippen LogP contribution in [-0.4, -0.2) is 61.7 Å². The average Bonchev–Trinajstić information content (AvgIpc) is 2.99. The van der Waals surface area contributed by atoms with Gasteiger partial charge < -0.3 is 31.1 Å². The molecule has 0 unspecified atom stereocenters. The predicted octanol–water partition coefficient (Wildman–Crippen LogP) is -2.34. The quantitative estimate of drug-likeness (QED) is 0.309. The summed E-state index contributed by atoms with van der Waals surface area (Å²) >= 11 is 0. The number of nitrogens with two attached hydrogens (primary N) is 1. The molecule has 1 aromatic heterocycles. The summed E-state index contributed by atoms with van der Waals surface area (Å²) in [7, 11) is 0. The Morgan fingerprint density at radius 1 is 1.24 bits per heavy atom. The summed E-state index contributed by atoms with van der Waals surface area (Å²) in [5.41, 5.74) is 4.66. The molecule has 2 aromatic rings. The van der Waals surface area contributed by atoms with Crippen LogP contribution in [0.4, 0.5) is 5.69 Å². The van der Waals surface area contributed by atoms with Crippen LogP contribution in [0.2, 0.25) is 0 Å². The molecular formula is C18H22N4O7. The fraction of sp³-hybridized carbons (Fsp3) is 0.389. The highest BCUT2D eigenvalue weighted by molar-refractivity contribution is 5.94. The third-order valence-corrected chi connectivity index (χ3v) is 4.65. The number of hydrogen-bond donors (Lipinski definition) is 6. The van der Waals surface area contributed by atoms with Crippen LogP contribution >= 0.6 is 0 Å². The smallest absolute Gasteiger partial charge is 0.330 e. The first-order valence-electron chi connectivity index (χ1n) is 8.90. The van der Waals surface area contributed by atoms with Gasteiger partial charge in [-0.05, 0) is 12.0 Å². The van der Waals surface area contributed by atoms with E-state index < -0.39 is 54.3 Å². The highest BCUT2D eigenvalue weighted by Gasteiger charge is 2.43. The average molecular weight is 406 g/mol. The van der Waals surface area contributed by atoms with E-state index in [0.717, 1.165) is 16.3 Å². The minimum atomic E-state index is -1.53. The summed E-state index contributed by atoms with van der Waals surface area (Å²) in [6.07, 6.45) is -4.19. The third kappa shape index (κ3) is 4.44. The maximum Gasteiger partial charge on any atom is 0.330 e. The molecule has 2 heterocycles. The number of anilines is 1. The normalized spacial score (nSPS) is 25.0. The number of nitrogens with zero attached hydrogens (tertiary/aromatic N) is 1. The van der Waals surface area contributed by atoms with Crippen molar-refractivity contribution in [2.45, 2.75) is 37.0 Å². The van der Waals surface area contributed by atoms with Gasteiger partial charge in [-0.15, -0.1) is 0 Å². The number of aliphatic hydroxyl groups is 3. The number of aromatic amines is 1. The number of carbonyl (C=O) groups is 1. The van der Waals surface area contributed by atoms with Crippen LogP contribution in [-0.2, 0) is 16.0 Å². The van der Waals surface area contributed by atoms with Gasteiger partial charge in [0, 0.05) is 6.20 Å². The molecule has 7 N–H and O–H groups in total. The van der Waals surface area contributed by atoms with Crippen molar-refractivity contribution in [1.82, 2.24) is 9.55 Å². The number of benzene rings is 1. The second kappa shape index (κ2) is 8.68. The summed E-state index contributed by atoms with van der Waals surface area (Å²) in [5.74, 6) is -0.647. The van der Waals surface area contributed by atoms with E-state index in [1.807, 2.05) is 35.3 Å². The van der Waals surface area contributed by atoms with Gasteiger partial charge in [-0.2, -0.15) is 0 Å². The molecule has 0 radical (unpaired) electrons. The molecular weight excluding hydrogens is 384 g/mol. The number of rotatable bonds is 6. The van der Waals surface area contributed by atoms with Crippen molar-refractivity contribution in [3.05, 3.63) is 62.9 Å². The van der Waals surface area contributed by atoms with E-state index >= 15 is 0 Å². The monoisotopic (exact) mass is 406 g/mol. The second-order valence-corrected chi connectivity index (χ2v) is 6.72. The van der Waals surface area contributed by atoms with Crippen molar-refractivity contribution < 1.29 is 24.9 Å². The molecule has 3 rings (SSSR count). The molecule has 0 aliphatic carbocycles. The number of nitrogens with one attached hydrogen (secondary N) is 2. The Morgan fingerprint density at radius 2 is 1.93 bits per heavy atom. The maximum absolute atomic E-state index is 12.4. The summed E-state index contributed by atoms with van der Waals surface area (Å²) in [6, 6.07) is 8.11. The van der Waals surface area contributed by atoms with E-state index in [9.17, 15) is 29.7 Å². The van der Waals surface area contributed by atoms with Gasteiger partial charge in [0.15, 0.2) is 6.23 Å². The minimum absolute atomic E-state index is 0.235. The van der Waals surface area contributed by atoms with Crippen LogP contribution in [0.25, 0.3) is 0 Å². The van der Waals surface area contributed by atoms with Gasteiger partial charge in [0.1, 0.15) is 24.0 Å². The lowest BCUT2D eigenvalue weighted by molar-refractivity contribution is -0.117. The number of aliphatic hydroxyl groups excluding tert-OH is 3. The van der Waals surface area contributed by atoms with E-state index in [1.165, 1.54) is 0 Å². The molecule has 0 spiro atoms. The van der Waals surface area contributed by atoms with E-state index in [-0.39, 0.29) is 12.1 Å². The fourth-order valence-corrected chi connectivity index (χ4v) is 3.06. The molecule has 0 bridgehead atoms. The van der Waals surface area contributed by atoms with Crippen molar-refractivity contribution in [2.75, 3.05) is 11.9 Å². The molecule has 1 aliphatic heterocycles. The van der Waals surface area contributed by atoms with Crippen molar-refractivity contribution in [3.8, 4) is 0 Å². The van der Waals surface area contributed by atoms with Gasteiger partial charge in [0.05, 0.1) is 12.6 Å². The van der Waals surface area contributed by atoms with Gasteiger partial charge in [-0.3, -0.25) is 19.1 Å². The number of hydrogen-bond acceptors (Lipinski definition) is 8. The zero-order valence-corrected chi connectivity index (χ0v) is 15.3. The standard InChI is InChI=1S/C18H22N4O7/c19-10(6-9-4-2-1-3-5-9)15(26)20-11-7-22(18(28)21-16(11)27)17-14(25)13(24)12(8-23)29-17/h1-5,7,10,12-14,17,23-25H,6,8,19H2,(H,20,26)(H,21,27,28)/t10-,12+,13+,14+,17+/m0/s1. The number of ether oxygens (including phenoxy) is 1. The summed E-state index contributed by atoms with van der Waals surface area (Å²) in [6.45, 7) is -0.579. The van der Waals surface area contributed by atoms with Crippen molar-refractivity contribution in [3.63, 3.8) is 0 Å². The van der Waals surface area contributed by atoms with Gasteiger partial charge in [-0.25, -0.2) is 4.79 Å². The van der Waals surface area contributed by atoms with Crippen molar-refractivity contribution in [2.24, 2.45) is 5.73 Å². The molecule has 1 aromatic carbocycles. The van der Waals surface area contributed by atoms with Gasteiger partial charge >= 0.3 is 5.69 Å². The zero-order valence-electron chi connectivity index (χ0n) is 15.3. The van der Waals surface area contributed by atoms with Crippen LogP contribution in [0, 0.1) is 0 Å². The zero-order chi connectivity index (χ0) is 21.1. The first-order valence-corrected chi connectivity index (χ1v) is 8.90. The Bertz CT molecular complexity index is 974. The van der Waals surface area contributed by atoms with Gasteiger partial charge in [0.25, 0.3) is 5.56 Å². The Morgan fingerprint density at radius 3 is 2.55 bits per heavy atom. The maximum atomic E-state index is 12.4. The summed E-state index contributed by atoms with van der Waals surface area (Å²) in [4.78, 5) is 38.6. The largest absolute Gasteiger partial charge is 0.394 e. The molecule has 1 amide bonds. The molecule has 1 saturated heterocycles. The topological polar surface area (TPSA) is 180 Å². The lowest BCUT2D eigenvalue weighted by Gasteiger charge is -2.18. The Balaban J connectivity index is 1.80. The number of amides is 1. The lowest BCUT2D eigenvalue weighted by atomic mass is 10.1. The highest BCUT2D eigenvalue weighted by atomic mass is 16.6. The van der Waals surface area contributed by atoms with Gasteiger partial charge in [-0.1, -0.05) is 30.3 Å². The number of carbonyl (C=O) groups excluding carboxylic acids is 1. The molecule has 1 aliphatic rings. The highest BCUT2D eigenvalue weighted by Crippen LogP contribution is 2.28. The van der Waals surface area contributed by atoms with E-state index in [4.69, 9.17) is 10.5 Å². The van der Waals surface area contributed by atoms with E-state index in [1.54, 1.807) is 0 Å². The molecule has 11 nitrogen and oxygen atoms in total. The molecule has 5 atom stereocenters. The Hall–Kier alpha value is -2.83. The molecule has 156 valence electrons. The SMILES string of the molecule is N[C@@H](Cc1ccccc1)C(=O)Nc1cn([C@@H]2O[C@H](CO)[C@@H](O)[C@H]2O)c(=O)[nH]c1=O. The summed E-state index contributed by atoms with van der Waals surface area (Å²) in [5, 5.41) is 31.5. The van der Waals surface area contributed by atoms with Crippen molar-refractivity contribution >= 4 is 11.6 Å². The second-order valence-electron chi connectivity index (χ2n) is 6.72. The van der Waals surface area contributed by atoms with Crippen LogP contribution < -0.4 is 22.3 Å². The number of aromatic nitrogens is 2. The minimum Gasteiger partial charge on any atom is -0.394 e. The number of H-pyrrole nitrogens is 1. The lowest BCUT2D eigenvalue weighted by Crippen LogP contribution is -2.41. The molecule has 29 heavy (non-hydrogen) atoms. The third-order valence-electron chi connectivity index (χ3n) is 4.65. The first-order chi connectivity index (χ1) is 13.8. The Kier molecular flexibility index (Phi) is 6.25. The van der Waals surface area contributed by atoms with E-state index in [0.29, 0.717) is 0 Å². The predicted molar refractivity (Wildman–Crippen MR) is 101 cm³/mol. The van der Waals surface area contributed by atoms with Gasteiger partial charge in [0.2, 0.25) is 5.91 Å². The molecule has 1 fully saturated rings. The van der Waals surface area contributed by atoms with E-state index in [2.05, 4.69) is 5.32 Å². The van der Waals surface area contributed by atoms with Crippen LogP contribution in [0.3, 0.4) is 0 Å². The molecule has 11 heteroatoms. The van der Waals surface area contributed by atoms with Crippen LogP contribution in [0.1, 0.15) is 11.8 Å². The van der Waals surface area contributed by atoms with Crippen LogP contribution in [0.15, 0.2) is 46.1 Å². The summed E-state index contributed by atoms with van der Waals surface area (Å²) < 4.78 is 6.10.